The average molecular weight is 198 g/mol. The van der Waals surface area contributed by atoms with Crippen molar-refractivity contribution < 1.29 is 19.1 Å². The molecule has 0 aromatic rings. The predicted octanol–water partition coefficient (Wildman–Crippen LogP) is 0.915. The Morgan fingerprint density at radius 1 is 1.21 bits per heavy atom. The van der Waals surface area contributed by atoms with Crippen molar-refractivity contribution in [3.63, 3.8) is 0 Å². The number of methoxy groups -OCH3 is 2. The molecular formula is C10H14O4. The lowest BCUT2D eigenvalue weighted by Gasteiger charge is -2.22. The van der Waals surface area contributed by atoms with E-state index in [9.17, 15) is 9.59 Å². The summed E-state index contributed by atoms with van der Waals surface area (Å²) in [6.07, 6.45) is 5.05. The van der Waals surface area contributed by atoms with Crippen molar-refractivity contribution in [2.75, 3.05) is 14.2 Å². The van der Waals surface area contributed by atoms with E-state index in [4.69, 9.17) is 0 Å². The van der Waals surface area contributed by atoms with Crippen molar-refractivity contribution >= 4 is 11.9 Å². The molecule has 4 nitrogen and oxygen atoms in total. The lowest BCUT2D eigenvalue weighted by atomic mass is 9.84. The van der Waals surface area contributed by atoms with Gasteiger partial charge in [-0.2, -0.15) is 0 Å². The Morgan fingerprint density at radius 3 is 2.43 bits per heavy atom. The zero-order valence-electron chi connectivity index (χ0n) is 8.36. The molecule has 0 saturated heterocycles. The first-order valence-electron chi connectivity index (χ1n) is 4.53. The fraction of sp³-hybridized carbons (Fsp3) is 0.600. The van der Waals surface area contributed by atoms with Crippen LogP contribution >= 0.6 is 0 Å². The minimum atomic E-state index is -0.485. The zero-order chi connectivity index (χ0) is 10.6. The number of rotatable bonds is 2. The van der Waals surface area contributed by atoms with Gasteiger partial charge in [0.1, 0.15) is 0 Å². The highest BCUT2D eigenvalue weighted by atomic mass is 16.5. The van der Waals surface area contributed by atoms with Crippen LogP contribution in [0.4, 0.5) is 0 Å². The zero-order valence-corrected chi connectivity index (χ0v) is 8.36. The van der Waals surface area contributed by atoms with Crippen LogP contribution in [0.15, 0.2) is 12.2 Å². The van der Waals surface area contributed by atoms with E-state index in [1.807, 2.05) is 6.08 Å². The monoisotopic (exact) mass is 198 g/mol. The highest BCUT2D eigenvalue weighted by Crippen LogP contribution is 2.26. The normalized spacial score (nSPS) is 25.6. The Morgan fingerprint density at radius 2 is 1.86 bits per heavy atom. The number of hydrogen-bond donors (Lipinski definition) is 0. The van der Waals surface area contributed by atoms with Gasteiger partial charge in [-0.25, -0.2) is 0 Å². The number of ether oxygens (including phenoxy) is 2. The molecule has 14 heavy (non-hydrogen) atoms. The van der Waals surface area contributed by atoms with Crippen LogP contribution in [-0.4, -0.2) is 26.2 Å². The standard InChI is InChI=1S/C10H14O4/c1-13-9(11)7-5-3-4-6-8(7)10(12)14-2/h3,5,7-8H,4,6H2,1-2H3/t7-,8+/m0/s1. The summed E-state index contributed by atoms with van der Waals surface area (Å²) in [5.41, 5.74) is 0. The van der Waals surface area contributed by atoms with E-state index in [2.05, 4.69) is 9.47 Å². The molecule has 0 N–H and O–H groups in total. The van der Waals surface area contributed by atoms with E-state index in [0.717, 1.165) is 6.42 Å². The van der Waals surface area contributed by atoms with Crippen LogP contribution in [0.2, 0.25) is 0 Å². The number of allylic oxidation sites excluding steroid dienone is 1. The molecule has 0 aromatic carbocycles. The maximum Gasteiger partial charge on any atom is 0.313 e. The fourth-order valence-corrected chi connectivity index (χ4v) is 1.63. The van der Waals surface area contributed by atoms with Gasteiger partial charge in [0.2, 0.25) is 0 Å². The minimum Gasteiger partial charge on any atom is -0.469 e. The SMILES string of the molecule is COC(=O)[C@H]1C=CCC[C@H]1C(=O)OC. The summed E-state index contributed by atoms with van der Waals surface area (Å²) < 4.78 is 9.25. The highest BCUT2D eigenvalue weighted by molar-refractivity contribution is 5.83. The maximum absolute atomic E-state index is 11.3. The minimum absolute atomic E-state index is 0.343. The van der Waals surface area contributed by atoms with Crippen molar-refractivity contribution in [1.29, 1.82) is 0 Å². The van der Waals surface area contributed by atoms with Crippen LogP contribution in [0.25, 0.3) is 0 Å². The molecule has 4 heteroatoms. The van der Waals surface area contributed by atoms with Gasteiger partial charge in [-0.3, -0.25) is 9.59 Å². The van der Waals surface area contributed by atoms with E-state index >= 15 is 0 Å². The van der Waals surface area contributed by atoms with Crippen LogP contribution in [0, 0.1) is 11.8 Å². The van der Waals surface area contributed by atoms with Crippen LogP contribution < -0.4 is 0 Å². The second-order valence-corrected chi connectivity index (χ2v) is 3.18. The van der Waals surface area contributed by atoms with Crippen LogP contribution in [-0.2, 0) is 19.1 Å². The molecule has 0 fully saturated rings. The van der Waals surface area contributed by atoms with Gasteiger partial charge in [0.25, 0.3) is 0 Å². The summed E-state index contributed by atoms with van der Waals surface area (Å²) in [5, 5.41) is 0. The van der Waals surface area contributed by atoms with Gasteiger partial charge in [0, 0.05) is 0 Å². The molecule has 0 spiro atoms. The van der Waals surface area contributed by atoms with E-state index in [0.29, 0.717) is 6.42 Å². The molecule has 0 aromatic heterocycles. The molecule has 0 radical (unpaired) electrons. The summed E-state index contributed by atoms with van der Waals surface area (Å²) >= 11 is 0. The fourth-order valence-electron chi connectivity index (χ4n) is 1.63. The van der Waals surface area contributed by atoms with Crippen molar-refractivity contribution in [3.8, 4) is 0 Å². The third-order valence-electron chi connectivity index (χ3n) is 2.40. The van der Waals surface area contributed by atoms with Gasteiger partial charge in [-0.1, -0.05) is 12.2 Å². The lowest BCUT2D eigenvalue weighted by molar-refractivity contribution is -0.156. The van der Waals surface area contributed by atoms with Crippen molar-refractivity contribution in [2.24, 2.45) is 11.8 Å². The molecule has 0 amide bonds. The van der Waals surface area contributed by atoms with Crippen LogP contribution in [0.3, 0.4) is 0 Å². The van der Waals surface area contributed by atoms with Crippen molar-refractivity contribution in [3.05, 3.63) is 12.2 Å². The van der Waals surface area contributed by atoms with Gasteiger partial charge >= 0.3 is 11.9 Å². The van der Waals surface area contributed by atoms with E-state index in [-0.39, 0.29) is 11.9 Å². The molecular weight excluding hydrogens is 184 g/mol. The predicted molar refractivity (Wildman–Crippen MR) is 49.4 cm³/mol. The molecule has 2 atom stereocenters. The summed E-state index contributed by atoms with van der Waals surface area (Å²) in [7, 11) is 2.65. The molecule has 0 saturated carbocycles. The number of carbonyl (C=O) groups excluding carboxylic acids is 2. The van der Waals surface area contributed by atoms with Gasteiger partial charge in [-0.15, -0.1) is 0 Å². The van der Waals surface area contributed by atoms with Crippen LogP contribution in [0.1, 0.15) is 12.8 Å². The Kier molecular flexibility index (Phi) is 3.68. The van der Waals surface area contributed by atoms with Crippen LogP contribution in [0.5, 0.6) is 0 Å². The Bertz CT molecular complexity index is 257. The van der Waals surface area contributed by atoms with Crippen molar-refractivity contribution in [2.45, 2.75) is 12.8 Å². The molecule has 0 heterocycles. The van der Waals surface area contributed by atoms with Gasteiger partial charge in [-0.05, 0) is 12.8 Å². The first kappa shape index (κ1) is 10.8. The lowest BCUT2D eigenvalue weighted by Crippen LogP contribution is -2.31. The highest BCUT2D eigenvalue weighted by Gasteiger charge is 2.34. The second kappa shape index (κ2) is 4.79. The van der Waals surface area contributed by atoms with Gasteiger partial charge in [0.15, 0.2) is 0 Å². The quantitative estimate of drug-likeness (QED) is 0.489. The Balaban J connectivity index is 2.77. The molecule has 1 aliphatic carbocycles. The third kappa shape index (κ3) is 2.13. The van der Waals surface area contributed by atoms with E-state index < -0.39 is 11.8 Å². The molecule has 0 unspecified atom stereocenters. The molecule has 1 aliphatic rings. The van der Waals surface area contributed by atoms with E-state index in [1.54, 1.807) is 6.08 Å². The van der Waals surface area contributed by atoms with Gasteiger partial charge in [0.05, 0.1) is 26.1 Å². The Hall–Kier alpha value is -1.32. The molecule has 78 valence electrons. The summed E-state index contributed by atoms with van der Waals surface area (Å²) in [5.74, 6) is -1.60. The smallest absolute Gasteiger partial charge is 0.313 e. The number of hydrogen-bond acceptors (Lipinski definition) is 4. The summed E-state index contributed by atoms with van der Waals surface area (Å²) in [6, 6.07) is 0. The molecule has 0 bridgehead atoms. The first-order valence-corrected chi connectivity index (χ1v) is 4.53. The number of esters is 2. The Labute approximate surface area is 82.9 Å². The average Bonchev–Trinajstić information content (AvgIpc) is 2.27. The molecule has 0 aliphatic heterocycles. The third-order valence-corrected chi connectivity index (χ3v) is 2.40. The maximum atomic E-state index is 11.3. The van der Waals surface area contributed by atoms with E-state index in [1.165, 1.54) is 14.2 Å². The molecule has 1 rings (SSSR count). The summed E-state index contributed by atoms with van der Waals surface area (Å²) in [6.45, 7) is 0. The van der Waals surface area contributed by atoms with Crippen molar-refractivity contribution in [1.82, 2.24) is 0 Å². The summed E-state index contributed by atoms with van der Waals surface area (Å²) in [4.78, 5) is 22.7. The number of carbonyl (C=O) groups is 2. The second-order valence-electron chi connectivity index (χ2n) is 3.18. The topological polar surface area (TPSA) is 52.6 Å². The van der Waals surface area contributed by atoms with Gasteiger partial charge < -0.3 is 9.47 Å². The first-order chi connectivity index (χ1) is 6.70. The largest absolute Gasteiger partial charge is 0.469 e.